The third kappa shape index (κ3) is 5.19. The molecule has 0 unspecified atom stereocenters. The number of carbonyl (C=O) groups is 3. The van der Waals surface area contributed by atoms with Gasteiger partial charge in [0.25, 0.3) is 11.8 Å². The van der Waals surface area contributed by atoms with Gasteiger partial charge >= 0.3 is 0 Å². The highest BCUT2D eigenvalue weighted by molar-refractivity contribution is 7.14. The Hall–Kier alpha value is -2.85. The summed E-state index contributed by atoms with van der Waals surface area (Å²) in [6.45, 7) is 2.27. The highest BCUT2D eigenvalue weighted by Gasteiger charge is 2.21. The number of aryl methyl sites for hydroxylation is 1. The van der Waals surface area contributed by atoms with Crippen LogP contribution in [0, 0.1) is 6.85 Å². The smallest absolute Gasteiger partial charge is 0.293 e. The fraction of sp³-hybridized carbons (Fsp3) is 0.450. The number of nitrogens with one attached hydrogen (secondary N) is 2. The number of thiazole rings is 1. The van der Waals surface area contributed by atoms with Gasteiger partial charge in [-0.15, -0.1) is 11.3 Å². The maximum absolute atomic E-state index is 11.9. The molecule has 0 aromatic carbocycles. The Balaban J connectivity index is 1.63. The number of ketones is 1. The van der Waals surface area contributed by atoms with Crippen molar-refractivity contribution in [1.29, 1.82) is 0 Å². The van der Waals surface area contributed by atoms with Crippen molar-refractivity contribution in [3.05, 3.63) is 34.6 Å². The molecule has 0 spiro atoms. The SMILES string of the molecule is [2H]C([2H])([2H])c1nc(C(=O)NC)ccc1N1CCN(Cc2csc(NC(=O)C(=O)CC)n2)CC1. The minimum absolute atomic E-state index is 0.0677. The van der Waals surface area contributed by atoms with Crippen LogP contribution in [0.25, 0.3) is 0 Å². The Morgan fingerprint density at radius 3 is 2.63 bits per heavy atom. The van der Waals surface area contributed by atoms with Crippen LogP contribution >= 0.6 is 11.3 Å². The van der Waals surface area contributed by atoms with E-state index in [-0.39, 0.29) is 17.8 Å². The molecular formula is C20H26N6O3S. The van der Waals surface area contributed by atoms with Gasteiger partial charge < -0.3 is 10.2 Å². The number of nitrogens with zero attached hydrogens (tertiary/aromatic N) is 4. The largest absolute Gasteiger partial charge is 0.368 e. The van der Waals surface area contributed by atoms with E-state index in [9.17, 15) is 14.4 Å². The third-order valence-corrected chi connectivity index (χ3v) is 5.59. The number of carbonyl (C=O) groups excluding carboxylic acids is 3. The summed E-state index contributed by atoms with van der Waals surface area (Å²) in [5, 5.41) is 7.21. The summed E-state index contributed by atoms with van der Waals surface area (Å²) >= 11 is 1.27. The van der Waals surface area contributed by atoms with Crippen molar-refractivity contribution in [2.75, 3.05) is 43.4 Å². The first-order chi connectivity index (χ1) is 15.6. The van der Waals surface area contributed by atoms with Crippen molar-refractivity contribution in [3.8, 4) is 0 Å². The lowest BCUT2D eigenvalue weighted by molar-refractivity contribution is -0.134. The van der Waals surface area contributed by atoms with E-state index in [1.54, 1.807) is 13.0 Å². The average molecular weight is 434 g/mol. The molecule has 1 saturated heterocycles. The molecule has 2 amide bonds. The van der Waals surface area contributed by atoms with Crippen LogP contribution in [0.5, 0.6) is 0 Å². The van der Waals surface area contributed by atoms with Crippen molar-refractivity contribution in [3.63, 3.8) is 0 Å². The number of anilines is 2. The summed E-state index contributed by atoms with van der Waals surface area (Å²) in [4.78, 5) is 47.7. The number of hydrogen-bond donors (Lipinski definition) is 2. The summed E-state index contributed by atoms with van der Waals surface area (Å²) in [5.74, 6) is -1.58. The number of hydrogen-bond acceptors (Lipinski definition) is 8. The van der Waals surface area contributed by atoms with Gasteiger partial charge in [-0.05, 0) is 19.0 Å². The van der Waals surface area contributed by atoms with E-state index in [0.717, 1.165) is 5.69 Å². The first kappa shape index (κ1) is 18.0. The molecule has 10 heteroatoms. The fourth-order valence-corrected chi connectivity index (χ4v) is 3.80. The van der Waals surface area contributed by atoms with Crippen LogP contribution in [-0.2, 0) is 16.1 Å². The molecule has 9 nitrogen and oxygen atoms in total. The summed E-state index contributed by atoms with van der Waals surface area (Å²) in [7, 11) is 1.47. The van der Waals surface area contributed by atoms with Gasteiger partial charge in [-0.1, -0.05) is 6.92 Å². The second-order valence-corrected chi connectivity index (χ2v) is 7.64. The molecule has 30 heavy (non-hydrogen) atoms. The average Bonchev–Trinajstić information content (AvgIpc) is 3.24. The maximum Gasteiger partial charge on any atom is 0.293 e. The summed E-state index contributed by atoms with van der Waals surface area (Å²) in [6.07, 6.45) is 0.141. The Kier molecular flexibility index (Phi) is 5.85. The van der Waals surface area contributed by atoms with Crippen molar-refractivity contribution in [1.82, 2.24) is 20.2 Å². The van der Waals surface area contributed by atoms with E-state index in [2.05, 4.69) is 25.5 Å². The molecular weight excluding hydrogens is 404 g/mol. The molecule has 2 N–H and O–H groups in total. The van der Waals surface area contributed by atoms with E-state index in [0.29, 0.717) is 43.5 Å². The van der Waals surface area contributed by atoms with Crippen LogP contribution < -0.4 is 15.5 Å². The van der Waals surface area contributed by atoms with E-state index in [1.807, 2.05) is 10.3 Å². The van der Waals surface area contributed by atoms with E-state index in [4.69, 9.17) is 4.11 Å². The second-order valence-electron chi connectivity index (χ2n) is 6.78. The Labute approximate surface area is 183 Å². The predicted molar refractivity (Wildman–Crippen MR) is 116 cm³/mol. The van der Waals surface area contributed by atoms with Gasteiger partial charge in [0.05, 0.1) is 17.1 Å². The molecule has 2 aromatic rings. The molecule has 160 valence electrons. The molecule has 1 aliphatic heterocycles. The zero-order valence-electron chi connectivity index (χ0n) is 19.9. The van der Waals surface area contributed by atoms with Crippen molar-refractivity contribution >= 4 is 39.8 Å². The Morgan fingerprint density at radius 2 is 1.97 bits per heavy atom. The minimum atomic E-state index is -2.45. The van der Waals surface area contributed by atoms with Gasteiger partial charge in [0.2, 0.25) is 5.78 Å². The molecule has 0 saturated carbocycles. The maximum atomic E-state index is 11.9. The van der Waals surface area contributed by atoms with Gasteiger partial charge in [-0.2, -0.15) is 0 Å². The molecule has 0 bridgehead atoms. The summed E-state index contributed by atoms with van der Waals surface area (Å²) in [6, 6.07) is 3.17. The fourth-order valence-electron chi connectivity index (χ4n) is 3.10. The van der Waals surface area contributed by atoms with E-state index in [1.165, 1.54) is 24.5 Å². The van der Waals surface area contributed by atoms with Gasteiger partial charge in [0.15, 0.2) is 5.13 Å². The van der Waals surface area contributed by atoms with Gasteiger partial charge in [-0.25, -0.2) is 9.97 Å². The summed E-state index contributed by atoms with van der Waals surface area (Å²) in [5.41, 5.74) is 1.27. The highest BCUT2D eigenvalue weighted by Crippen LogP contribution is 2.22. The molecule has 1 fully saturated rings. The number of aromatic nitrogens is 2. The van der Waals surface area contributed by atoms with Crippen LogP contribution in [0.15, 0.2) is 17.5 Å². The van der Waals surface area contributed by atoms with E-state index >= 15 is 0 Å². The summed E-state index contributed by atoms with van der Waals surface area (Å²) < 4.78 is 23.5. The zero-order chi connectivity index (χ0) is 24.2. The molecule has 1 aliphatic rings. The van der Waals surface area contributed by atoms with E-state index < -0.39 is 24.4 Å². The second kappa shape index (κ2) is 9.77. The minimum Gasteiger partial charge on any atom is -0.368 e. The molecule has 0 radical (unpaired) electrons. The Morgan fingerprint density at radius 1 is 1.20 bits per heavy atom. The predicted octanol–water partition coefficient (Wildman–Crippen LogP) is 1.45. The topological polar surface area (TPSA) is 108 Å². The van der Waals surface area contributed by atoms with Gasteiger partial charge in [0.1, 0.15) is 5.69 Å². The quantitative estimate of drug-likeness (QED) is 0.636. The van der Waals surface area contributed by atoms with Crippen molar-refractivity contribution in [2.45, 2.75) is 26.7 Å². The lowest BCUT2D eigenvalue weighted by atomic mass is 10.2. The number of pyridine rings is 1. The first-order valence-electron chi connectivity index (χ1n) is 11.1. The van der Waals surface area contributed by atoms with Crippen LogP contribution in [0.1, 0.15) is 39.3 Å². The lowest BCUT2D eigenvalue weighted by Crippen LogP contribution is -2.46. The van der Waals surface area contributed by atoms with Crippen molar-refractivity contribution in [2.24, 2.45) is 0 Å². The standard InChI is InChI=1S/C20H26N6O3S/c1-4-17(27)19(29)24-20-23-14(12-30-20)11-25-7-9-26(10-8-25)16-6-5-15(18(28)21-3)22-13(16)2/h5-6,12H,4,7-11H2,1-3H3,(H,21,28)(H,23,24,29)/i2D3. The first-order valence-corrected chi connectivity index (χ1v) is 10.5. The molecule has 3 rings (SSSR count). The number of piperazine rings is 1. The van der Waals surface area contributed by atoms with Crippen molar-refractivity contribution < 1.29 is 18.5 Å². The third-order valence-electron chi connectivity index (χ3n) is 4.78. The molecule has 2 aromatic heterocycles. The molecule has 3 heterocycles. The van der Waals surface area contributed by atoms with Gasteiger partial charge in [0, 0.05) is 55.7 Å². The number of Topliss-reactive ketones (excluding diaryl/α,β-unsaturated/α-hetero) is 1. The lowest BCUT2D eigenvalue weighted by Gasteiger charge is -2.36. The Bertz CT molecular complexity index is 1030. The highest BCUT2D eigenvalue weighted by atomic mass is 32.1. The normalized spacial score (nSPS) is 16.3. The molecule has 0 aliphatic carbocycles. The van der Waals surface area contributed by atoms with Crippen LogP contribution in [-0.4, -0.2) is 65.7 Å². The van der Waals surface area contributed by atoms with Crippen LogP contribution in [0.2, 0.25) is 0 Å². The molecule has 0 atom stereocenters. The number of amides is 2. The van der Waals surface area contributed by atoms with Crippen LogP contribution in [0.4, 0.5) is 10.8 Å². The van der Waals surface area contributed by atoms with Crippen LogP contribution in [0.3, 0.4) is 0 Å². The number of rotatable bonds is 7. The van der Waals surface area contributed by atoms with Gasteiger partial charge in [-0.3, -0.25) is 24.6 Å². The zero-order valence-corrected chi connectivity index (χ0v) is 17.7. The monoisotopic (exact) mass is 433 g/mol.